The van der Waals surface area contributed by atoms with Crippen LogP contribution in [0.5, 0.6) is 0 Å². The fourth-order valence-electron chi connectivity index (χ4n) is 4.36. The first-order valence-electron chi connectivity index (χ1n) is 13.4. The largest absolute Gasteiger partial charge is 0.354 e. The zero-order chi connectivity index (χ0) is 27.5. The molecular formula is C32H38Cl2N2O2. The van der Waals surface area contributed by atoms with Crippen LogP contribution in [-0.4, -0.2) is 29.3 Å². The van der Waals surface area contributed by atoms with Crippen LogP contribution in [0.1, 0.15) is 68.2 Å². The van der Waals surface area contributed by atoms with Crippen molar-refractivity contribution >= 4 is 35.0 Å². The lowest BCUT2D eigenvalue weighted by Gasteiger charge is -2.32. The number of halogens is 2. The molecule has 2 amide bonds. The summed E-state index contributed by atoms with van der Waals surface area (Å²) >= 11 is 12.6. The number of unbranched alkanes of at least 4 members (excludes halogenated alkanes) is 1. The highest BCUT2D eigenvalue weighted by Gasteiger charge is 2.30. The van der Waals surface area contributed by atoms with E-state index in [9.17, 15) is 9.59 Å². The molecule has 0 spiro atoms. The van der Waals surface area contributed by atoms with E-state index in [-0.39, 0.29) is 18.4 Å². The fraction of sp³-hybridized carbons (Fsp3) is 0.375. The summed E-state index contributed by atoms with van der Waals surface area (Å²) in [6.07, 6.45) is 3.16. The molecule has 3 aromatic rings. The molecule has 0 aliphatic heterocycles. The monoisotopic (exact) mass is 552 g/mol. The van der Waals surface area contributed by atoms with Crippen molar-refractivity contribution in [2.24, 2.45) is 0 Å². The topological polar surface area (TPSA) is 49.4 Å². The van der Waals surface area contributed by atoms with Crippen LogP contribution in [0.25, 0.3) is 0 Å². The van der Waals surface area contributed by atoms with E-state index in [1.807, 2.05) is 36.4 Å². The minimum Gasteiger partial charge on any atom is -0.354 e. The lowest BCUT2D eigenvalue weighted by molar-refractivity contribution is -0.141. The van der Waals surface area contributed by atoms with Crippen LogP contribution < -0.4 is 5.32 Å². The van der Waals surface area contributed by atoms with E-state index in [0.29, 0.717) is 41.8 Å². The van der Waals surface area contributed by atoms with Crippen LogP contribution >= 0.6 is 23.2 Å². The SMILES string of the molecule is CCCCNC(=O)[C@H](Cc1ccccc1)N(Cc1ccc(Cl)cc1Cl)C(=O)CCc1ccc(C(C)C)cc1. The van der Waals surface area contributed by atoms with Gasteiger partial charge in [0.15, 0.2) is 0 Å². The lowest BCUT2D eigenvalue weighted by atomic mass is 9.99. The van der Waals surface area contributed by atoms with Gasteiger partial charge in [0.2, 0.25) is 11.8 Å². The number of rotatable bonds is 13. The van der Waals surface area contributed by atoms with Gasteiger partial charge in [-0.1, -0.05) is 111 Å². The van der Waals surface area contributed by atoms with Crippen molar-refractivity contribution in [1.82, 2.24) is 10.2 Å². The second-order valence-electron chi connectivity index (χ2n) is 10.0. The Kier molecular flexibility index (Phi) is 11.7. The minimum absolute atomic E-state index is 0.0875. The molecule has 0 unspecified atom stereocenters. The molecule has 6 heteroatoms. The van der Waals surface area contributed by atoms with E-state index in [0.717, 1.165) is 29.5 Å². The Bertz CT molecular complexity index is 1180. The van der Waals surface area contributed by atoms with Crippen LogP contribution in [0.2, 0.25) is 10.0 Å². The summed E-state index contributed by atoms with van der Waals surface area (Å²) in [7, 11) is 0. The van der Waals surface area contributed by atoms with Gasteiger partial charge < -0.3 is 10.2 Å². The predicted octanol–water partition coefficient (Wildman–Crippen LogP) is 7.61. The molecule has 1 atom stereocenters. The normalized spacial score (nSPS) is 11.8. The van der Waals surface area contributed by atoms with Crippen molar-refractivity contribution in [3.05, 3.63) is 105 Å². The molecule has 0 saturated carbocycles. The maximum Gasteiger partial charge on any atom is 0.243 e. The zero-order valence-electron chi connectivity index (χ0n) is 22.6. The van der Waals surface area contributed by atoms with Gasteiger partial charge in [-0.2, -0.15) is 0 Å². The molecule has 38 heavy (non-hydrogen) atoms. The summed E-state index contributed by atoms with van der Waals surface area (Å²) in [4.78, 5) is 29.0. The molecule has 0 aliphatic rings. The van der Waals surface area contributed by atoms with Crippen LogP contribution in [0.4, 0.5) is 0 Å². The molecule has 0 radical (unpaired) electrons. The van der Waals surface area contributed by atoms with Crippen molar-refractivity contribution < 1.29 is 9.59 Å². The molecule has 0 heterocycles. The Balaban J connectivity index is 1.89. The molecule has 4 nitrogen and oxygen atoms in total. The van der Waals surface area contributed by atoms with Crippen molar-refractivity contribution in [2.75, 3.05) is 6.54 Å². The number of hydrogen-bond acceptors (Lipinski definition) is 2. The zero-order valence-corrected chi connectivity index (χ0v) is 24.1. The molecule has 1 N–H and O–H groups in total. The average Bonchev–Trinajstić information content (AvgIpc) is 2.91. The maximum absolute atomic E-state index is 13.8. The van der Waals surface area contributed by atoms with Gasteiger partial charge in [0.1, 0.15) is 6.04 Å². The number of carbonyl (C=O) groups is 2. The van der Waals surface area contributed by atoms with Gasteiger partial charge in [-0.15, -0.1) is 0 Å². The number of benzene rings is 3. The second-order valence-corrected chi connectivity index (χ2v) is 10.8. The van der Waals surface area contributed by atoms with E-state index in [4.69, 9.17) is 23.2 Å². The van der Waals surface area contributed by atoms with Gasteiger partial charge in [-0.05, 0) is 53.1 Å². The number of carbonyl (C=O) groups excluding carboxylic acids is 2. The van der Waals surface area contributed by atoms with Crippen molar-refractivity contribution in [3.8, 4) is 0 Å². The summed E-state index contributed by atoms with van der Waals surface area (Å²) in [5.74, 6) is 0.216. The first-order chi connectivity index (χ1) is 18.3. The highest BCUT2D eigenvalue weighted by atomic mass is 35.5. The van der Waals surface area contributed by atoms with Crippen molar-refractivity contribution in [3.63, 3.8) is 0 Å². The Hall–Kier alpha value is -2.82. The molecule has 0 saturated heterocycles. The van der Waals surface area contributed by atoms with E-state index in [2.05, 4.69) is 50.4 Å². The van der Waals surface area contributed by atoms with Gasteiger partial charge in [0, 0.05) is 36.0 Å². The molecular weight excluding hydrogens is 515 g/mol. The number of nitrogens with zero attached hydrogens (tertiary/aromatic N) is 1. The Morgan fingerprint density at radius 1 is 0.921 bits per heavy atom. The molecule has 0 aliphatic carbocycles. The van der Waals surface area contributed by atoms with Gasteiger partial charge in [0.05, 0.1) is 0 Å². The summed E-state index contributed by atoms with van der Waals surface area (Å²) in [5, 5.41) is 4.06. The number of nitrogens with one attached hydrogen (secondary N) is 1. The predicted molar refractivity (Wildman–Crippen MR) is 158 cm³/mol. The Morgan fingerprint density at radius 3 is 2.26 bits per heavy atom. The quantitative estimate of drug-likeness (QED) is 0.222. The highest BCUT2D eigenvalue weighted by Crippen LogP contribution is 2.25. The van der Waals surface area contributed by atoms with E-state index in [1.54, 1.807) is 17.0 Å². The van der Waals surface area contributed by atoms with E-state index < -0.39 is 6.04 Å². The molecule has 0 bridgehead atoms. The first-order valence-corrected chi connectivity index (χ1v) is 14.2. The third-order valence-corrected chi connectivity index (χ3v) is 7.32. The third kappa shape index (κ3) is 8.89. The average molecular weight is 554 g/mol. The lowest BCUT2D eigenvalue weighted by Crippen LogP contribution is -2.50. The standard InChI is InChI=1S/C32H38Cl2N2O2/c1-4-5-19-35-32(38)30(20-25-9-7-6-8-10-25)36(22-27-16-17-28(33)21-29(27)34)31(37)18-13-24-11-14-26(15-12-24)23(2)3/h6-12,14-17,21,23,30H,4-5,13,18-20,22H2,1-3H3,(H,35,38)/t30-/m0/s1. The molecule has 3 rings (SSSR count). The van der Waals surface area contributed by atoms with Crippen LogP contribution in [0.15, 0.2) is 72.8 Å². The summed E-state index contributed by atoms with van der Waals surface area (Å²) in [6.45, 7) is 7.21. The maximum atomic E-state index is 13.8. The van der Waals surface area contributed by atoms with Gasteiger partial charge in [-0.3, -0.25) is 9.59 Å². The smallest absolute Gasteiger partial charge is 0.243 e. The number of hydrogen-bond donors (Lipinski definition) is 1. The highest BCUT2D eigenvalue weighted by molar-refractivity contribution is 6.35. The van der Waals surface area contributed by atoms with Gasteiger partial charge in [0.25, 0.3) is 0 Å². The summed E-state index contributed by atoms with van der Waals surface area (Å²) < 4.78 is 0. The molecule has 0 fully saturated rings. The molecule has 202 valence electrons. The van der Waals surface area contributed by atoms with Crippen LogP contribution in [0, 0.1) is 0 Å². The number of amides is 2. The van der Waals surface area contributed by atoms with Crippen LogP contribution in [0.3, 0.4) is 0 Å². The van der Waals surface area contributed by atoms with Crippen LogP contribution in [-0.2, 0) is 29.0 Å². The minimum atomic E-state index is -0.670. The fourth-order valence-corrected chi connectivity index (χ4v) is 4.83. The van der Waals surface area contributed by atoms with Crippen molar-refractivity contribution in [1.29, 1.82) is 0 Å². The van der Waals surface area contributed by atoms with E-state index in [1.165, 1.54) is 5.56 Å². The van der Waals surface area contributed by atoms with Crippen molar-refractivity contribution in [2.45, 2.75) is 71.4 Å². The third-order valence-electron chi connectivity index (χ3n) is 6.73. The number of aryl methyl sites for hydroxylation is 1. The molecule has 0 aromatic heterocycles. The Morgan fingerprint density at radius 2 is 1.63 bits per heavy atom. The summed E-state index contributed by atoms with van der Waals surface area (Å²) in [6, 6.07) is 22.8. The summed E-state index contributed by atoms with van der Waals surface area (Å²) in [5.41, 5.74) is 4.11. The Labute approximate surface area is 237 Å². The van der Waals surface area contributed by atoms with Gasteiger partial charge in [-0.25, -0.2) is 0 Å². The van der Waals surface area contributed by atoms with E-state index >= 15 is 0 Å². The first kappa shape index (κ1) is 29.7. The molecule has 3 aromatic carbocycles. The second kappa shape index (κ2) is 14.9. The van der Waals surface area contributed by atoms with Gasteiger partial charge >= 0.3 is 0 Å².